The Kier molecular flexibility index (Phi) is 4.84. The molecule has 2 aromatic heterocycles. The maximum atomic E-state index is 11.8. The maximum absolute atomic E-state index is 11.8. The molecule has 0 radical (unpaired) electrons. The smallest absolute Gasteiger partial charge is 0.261 e. The molecule has 0 spiro atoms. The van der Waals surface area contributed by atoms with Crippen LogP contribution < -0.4 is 5.32 Å². The fourth-order valence-corrected chi connectivity index (χ4v) is 2.74. The van der Waals surface area contributed by atoms with Crippen LogP contribution in [-0.4, -0.2) is 35.6 Å². The van der Waals surface area contributed by atoms with Crippen molar-refractivity contribution < 1.29 is 13.5 Å². The fraction of sp³-hybridized carbons (Fsp3) is 0.583. The highest BCUT2D eigenvalue weighted by Gasteiger charge is 2.10. The number of hydrogen-bond acceptors (Lipinski definition) is 4. The molecule has 0 saturated heterocycles. The van der Waals surface area contributed by atoms with Crippen LogP contribution in [0, 0.1) is 13.8 Å². The van der Waals surface area contributed by atoms with E-state index in [4.69, 9.17) is 4.74 Å². The Hall–Kier alpha value is -1.05. The van der Waals surface area contributed by atoms with E-state index in [1.165, 1.54) is 4.88 Å². The molecule has 0 fully saturated rings. The topological polar surface area (TPSA) is 38.6 Å². The van der Waals surface area contributed by atoms with Crippen molar-refractivity contribution >= 4 is 16.3 Å². The molecule has 0 atom stereocenters. The van der Waals surface area contributed by atoms with Gasteiger partial charge < -0.3 is 10.1 Å². The summed E-state index contributed by atoms with van der Waals surface area (Å²) in [7, 11) is 0. The Morgan fingerprint density at radius 2 is 2.26 bits per heavy atom. The molecule has 0 unspecified atom stereocenters. The first-order valence-electron chi connectivity index (χ1n) is 6.08. The highest BCUT2D eigenvalue weighted by atomic mass is 32.1. The molecule has 0 aliphatic heterocycles. The van der Waals surface area contributed by atoms with Crippen molar-refractivity contribution in [1.82, 2.24) is 14.7 Å². The zero-order chi connectivity index (χ0) is 13.8. The van der Waals surface area contributed by atoms with Gasteiger partial charge in [-0.3, -0.25) is 4.40 Å². The third-order valence-corrected chi connectivity index (χ3v) is 3.60. The normalized spacial score (nSPS) is 11.8. The van der Waals surface area contributed by atoms with E-state index in [1.54, 1.807) is 11.3 Å². The van der Waals surface area contributed by atoms with Crippen molar-refractivity contribution in [3.8, 4) is 0 Å². The number of fused-ring (bicyclic) bond motifs is 1. The largest absolute Gasteiger partial charge is 0.374 e. The third-order valence-electron chi connectivity index (χ3n) is 2.70. The number of thiazole rings is 1. The Balaban J connectivity index is 1.82. The van der Waals surface area contributed by atoms with Gasteiger partial charge in [0.1, 0.15) is 6.61 Å². The fourth-order valence-electron chi connectivity index (χ4n) is 1.85. The lowest BCUT2D eigenvalue weighted by atomic mass is 10.3. The first-order valence-corrected chi connectivity index (χ1v) is 6.90. The summed E-state index contributed by atoms with van der Waals surface area (Å²) in [6, 6.07) is 0. The van der Waals surface area contributed by atoms with Crippen molar-refractivity contribution in [2.45, 2.75) is 26.8 Å². The molecule has 0 amide bonds. The third kappa shape index (κ3) is 3.71. The van der Waals surface area contributed by atoms with Crippen molar-refractivity contribution in [2.75, 3.05) is 19.8 Å². The van der Waals surface area contributed by atoms with Crippen LogP contribution in [0.4, 0.5) is 8.78 Å². The number of nitrogens with zero attached hydrogens (tertiary/aromatic N) is 2. The predicted molar refractivity (Wildman–Crippen MR) is 71.1 cm³/mol. The number of alkyl halides is 2. The molecule has 0 bridgehead atoms. The first-order chi connectivity index (χ1) is 9.08. The number of aromatic nitrogens is 2. The number of imidazole rings is 1. The van der Waals surface area contributed by atoms with E-state index in [-0.39, 0.29) is 6.61 Å². The van der Waals surface area contributed by atoms with Gasteiger partial charge in [-0.25, -0.2) is 13.8 Å². The summed E-state index contributed by atoms with van der Waals surface area (Å²) in [5.41, 5.74) is 2.10. The molecular weight excluding hydrogens is 272 g/mol. The Morgan fingerprint density at radius 3 is 3.00 bits per heavy atom. The zero-order valence-corrected chi connectivity index (χ0v) is 11.8. The van der Waals surface area contributed by atoms with Gasteiger partial charge in [-0.05, 0) is 13.8 Å². The molecule has 7 heteroatoms. The number of aryl methyl sites for hydroxylation is 2. The SMILES string of the molecule is Cc1cn2c(CNCCOCC(F)F)c(C)nc2s1. The minimum atomic E-state index is -2.40. The molecule has 0 aliphatic rings. The van der Waals surface area contributed by atoms with Crippen LogP contribution in [0.2, 0.25) is 0 Å². The molecule has 4 nitrogen and oxygen atoms in total. The molecule has 1 N–H and O–H groups in total. The van der Waals surface area contributed by atoms with Gasteiger partial charge in [-0.15, -0.1) is 11.3 Å². The van der Waals surface area contributed by atoms with Crippen molar-refractivity contribution in [3.63, 3.8) is 0 Å². The van der Waals surface area contributed by atoms with E-state index in [2.05, 4.69) is 20.9 Å². The number of nitrogens with one attached hydrogen (secondary N) is 1. The lowest BCUT2D eigenvalue weighted by Crippen LogP contribution is -2.21. The summed E-state index contributed by atoms with van der Waals surface area (Å²) in [5.74, 6) is 0. The molecule has 0 aliphatic carbocycles. The molecule has 2 heterocycles. The van der Waals surface area contributed by atoms with Crippen molar-refractivity contribution in [2.24, 2.45) is 0 Å². The molecule has 0 aromatic carbocycles. The second-order valence-electron chi connectivity index (χ2n) is 4.28. The number of halogens is 2. The summed E-state index contributed by atoms with van der Waals surface area (Å²) in [6.45, 7) is 5.00. The highest BCUT2D eigenvalue weighted by molar-refractivity contribution is 7.17. The van der Waals surface area contributed by atoms with Gasteiger partial charge in [0, 0.05) is 24.2 Å². The lowest BCUT2D eigenvalue weighted by Gasteiger charge is -2.06. The van der Waals surface area contributed by atoms with Crippen molar-refractivity contribution in [1.29, 1.82) is 0 Å². The highest BCUT2D eigenvalue weighted by Crippen LogP contribution is 2.20. The molecule has 2 rings (SSSR count). The summed E-state index contributed by atoms with van der Waals surface area (Å²) in [6.07, 6.45) is -0.338. The van der Waals surface area contributed by atoms with Gasteiger partial charge in [-0.1, -0.05) is 0 Å². The Morgan fingerprint density at radius 1 is 1.47 bits per heavy atom. The second kappa shape index (κ2) is 6.40. The van der Waals surface area contributed by atoms with E-state index in [0.29, 0.717) is 13.1 Å². The van der Waals surface area contributed by atoms with E-state index >= 15 is 0 Å². The minimum absolute atomic E-state index is 0.286. The average molecular weight is 289 g/mol. The predicted octanol–water partition coefficient (Wildman–Crippen LogP) is 2.38. The van der Waals surface area contributed by atoms with Gasteiger partial charge in [0.15, 0.2) is 4.96 Å². The van der Waals surface area contributed by atoms with Gasteiger partial charge >= 0.3 is 0 Å². The second-order valence-corrected chi connectivity index (χ2v) is 5.49. The van der Waals surface area contributed by atoms with Crippen LogP contribution >= 0.6 is 11.3 Å². The quantitative estimate of drug-likeness (QED) is 0.795. The van der Waals surface area contributed by atoms with E-state index in [1.807, 2.05) is 13.8 Å². The van der Waals surface area contributed by atoms with Gasteiger partial charge in [0.25, 0.3) is 6.43 Å². The molecule has 19 heavy (non-hydrogen) atoms. The molecule has 106 valence electrons. The van der Waals surface area contributed by atoms with Crippen molar-refractivity contribution in [3.05, 3.63) is 22.5 Å². The molecule has 0 saturated carbocycles. The van der Waals surface area contributed by atoms with Crippen LogP contribution in [-0.2, 0) is 11.3 Å². The lowest BCUT2D eigenvalue weighted by molar-refractivity contribution is 0.0187. The van der Waals surface area contributed by atoms with Gasteiger partial charge in [0.05, 0.1) is 18.0 Å². The maximum Gasteiger partial charge on any atom is 0.261 e. The number of hydrogen-bond donors (Lipinski definition) is 1. The van der Waals surface area contributed by atoms with Gasteiger partial charge in [0.2, 0.25) is 0 Å². The zero-order valence-electron chi connectivity index (χ0n) is 10.9. The van der Waals surface area contributed by atoms with Crippen LogP contribution in [0.5, 0.6) is 0 Å². The van der Waals surface area contributed by atoms with E-state index in [9.17, 15) is 8.78 Å². The average Bonchev–Trinajstić information content (AvgIpc) is 2.80. The Bertz CT molecular complexity index is 538. The standard InChI is InChI=1S/C12H17F2N3OS/c1-8-6-17-10(9(2)16-12(17)19-8)5-15-3-4-18-7-11(13)14/h6,11,15H,3-5,7H2,1-2H3. The summed E-state index contributed by atoms with van der Waals surface area (Å²) in [4.78, 5) is 6.68. The number of ether oxygens (including phenoxy) is 1. The van der Waals surface area contributed by atoms with E-state index < -0.39 is 13.0 Å². The van der Waals surface area contributed by atoms with Gasteiger partial charge in [-0.2, -0.15) is 0 Å². The number of rotatable bonds is 7. The van der Waals surface area contributed by atoms with Crippen LogP contribution in [0.25, 0.3) is 4.96 Å². The summed E-state index contributed by atoms with van der Waals surface area (Å²) >= 11 is 1.65. The summed E-state index contributed by atoms with van der Waals surface area (Å²) < 4.78 is 30.6. The van der Waals surface area contributed by atoms with E-state index in [0.717, 1.165) is 16.3 Å². The Labute approximate surface area is 114 Å². The molecular formula is C12H17F2N3OS. The molecule has 2 aromatic rings. The first kappa shape index (κ1) is 14.4. The van der Waals surface area contributed by atoms with Crippen LogP contribution in [0.3, 0.4) is 0 Å². The monoisotopic (exact) mass is 289 g/mol. The van der Waals surface area contributed by atoms with Crippen LogP contribution in [0.1, 0.15) is 16.3 Å². The summed E-state index contributed by atoms with van der Waals surface area (Å²) in [5, 5.41) is 3.18. The van der Waals surface area contributed by atoms with Crippen LogP contribution in [0.15, 0.2) is 6.20 Å². The minimum Gasteiger partial charge on any atom is -0.374 e.